The molecule has 0 fully saturated rings. The van der Waals surface area contributed by atoms with Crippen molar-refractivity contribution >= 4 is 11.9 Å². The van der Waals surface area contributed by atoms with Crippen LogP contribution in [0.5, 0.6) is 0 Å². The monoisotopic (exact) mass is 489 g/mol. The van der Waals surface area contributed by atoms with Gasteiger partial charge in [-0.1, -0.05) is 42.5 Å². The van der Waals surface area contributed by atoms with Crippen molar-refractivity contribution in [1.29, 1.82) is 0 Å². The van der Waals surface area contributed by atoms with E-state index in [0.717, 1.165) is 23.8 Å². The summed E-state index contributed by atoms with van der Waals surface area (Å²) < 4.78 is 59.0. The van der Waals surface area contributed by atoms with Gasteiger partial charge in [0.15, 0.2) is 0 Å². The number of ether oxygens (including phenoxy) is 1. The first-order valence-corrected chi connectivity index (χ1v) is 10.7. The van der Waals surface area contributed by atoms with Gasteiger partial charge in [0, 0.05) is 13.1 Å². The number of rotatable bonds is 10. The lowest BCUT2D eigenvalue weighted by Crippen LogP contribution is -2.20. The third kappa shape index (κ3) is 7.65. The minimum absolute atomic E-state index is 0.00312. The average molecular weight is 489 g/mol. The van der Waals surface area contributed by atoms with E-state index < -0.39 is 35.9 Å². The molecule has 0 saturated carbocycles. The van der Waals surface area contributed by atoms with Crippen molar-refractivity contribution in [3.63, 3.8) is 0 Å². The molecular weight excluding hydrogens is 466 g/mol. The molecule has 0 amide bonds. The second-order valence-corrected chi connectivity index (χ2v) is 7.82. The van der Waals surface area contributed by atoms with Crippen LogP contribution < -0.4 is 5.32 Å². The Morgan fingerprint density at radius 3 is 2.37 bits per heavy atom. The molecule has 184 valence electrons. The highest BCUT2D eigenvalue weighted by molar-refractivity contribution is 5.73. The molecule has 2 N–H and O–H groups in total. The highest BCUT2D eigenvalue weighted by atomic mass is 19.4. The van der Waals surface area contributed by atoms with Gasteiger partial charge in [0.25, 0.3) is 0 Å². The summed E-state index contributed by atoms with van der Waals surface area (Å²) in [5.41, 5.74) is 0.955. The van der Waals surface area contributed by atoms with Crippen LogP contribution in [0.4, 0.5) is 17.6 Å². The molecule has 0 atom stereocenters. The first-order chi connectivity index (χ1) is 16.6. The van der Waals surface area contributed by atoms with Crippen molar-refractivity contribution in [1.82, 2.24) is 5.32 Å². The van der Waals surface area contributed by atoms with Crippen molar-refractivity contribution in [3.05, 3.63) is 94.8 Å². The van der Waals surface area contributed by atoms with E-state index >= 15 is 0 Å². The van der Waals surface area contributed by atoms with Crippen LogP contribution in [0.15, 0.2) is 66.7 Å². The van der Waals surface area contributed by atoms with Crippen LogP contribution in [0.2, 0.25) is 0 Å². The number of benzene rings is 3. The summed E-state index contributed by atoms with van der Waals surface area (Å²) in [5.74, 6) is -2.39. The van der Waals surface area contributed by atoms with Crippen LogP contribution >= 0.6 is 0 Å². The molecule has 0 radical (unpaired) electrons. The van der Waals surface area contributed by atoms with Crippen molar-refractivity contribution < 1.29 is 37.0 Å². The second-order valence-electron chi connectivity index (χ2n) is 7.82. The molecule has 0 bridgehead atoms. The van der Waals surface area contributed by atoms with Gasteiger partial charge in [0.2, 0.25) is 0 Å². The van der Waals surface area contributed by atoms with Gasteiger partial charge >= 0.3 is 18.1 Å². The summed E-state index contributed by atoms with van der Waals surface area (Å²) in [6, 6.07) is 16.1. The molecule has 0 saturated heterocycles. The molecule has 9 heteroatoms. The highest BCUT2D eigenvalue weighted by Crippen LogP contribution is 2.34. The van der Waals surface area contributed by atoms with E-state index in [9.17, 15) is 27.2 Å². The predicted molar refractivity (Wildman–Crippen MR) is 121 cm³/mol. The first kappa shape index (κ1) is 25.9. The van der Waals surface area contributed by atoms with Crippen LogP contribution in [0.3, 0.4) is 0 Å². The van der Waals surface area contributed by atoms with E-state index in [0.29, 0.717) is 11.1 Å². The molecule has 0 aromatic heterocycles. The fraction of sp³-hybridized carbons (Fsp3) is 0.231. The zero-order chi connectivity index (χ0) is 25.4. The lowest BCUT2D eigenvalue weighted by Gasteiger charge is -2.15. The van der Waals surface area contributed by atoms with Crippen LogP contribution in [0.25, 0.3) is 11.1 Å². The maximum Gasteiger partial charge on any atom is 0.416 e. The normalized spacial score (nSPS) is 11.3. The molecule has 3 aromatic carbocycles. The maximum atomic E-state index is 14.0. The number of esters is 1. The second kappa shape index (κ2) is 11.6. The van der Waals surface area contributed by atoms with Gasteiger partial charge in [-0.25, -0.2) is 4.39 Å². The fourth-order valence-corrected chi connectivity index (χ4v) is 3.46. The van der Waals surface area contributed by atoms with E-state index in [1.165, 1.54) is 18.2 Å². The number of hydrogen-bond acceptors (Lipinski definition) is 4. The predicted octanol–water partition coefficient (Wildman–Crippen LogP) is 5.36. The van der Waals surface area contributed by atoms with Crippen molar-refractivity contribution in [2.24, 2.45) is 0 Å². The van der Waals surface area contributed by atoms with Crippen molar-refractivity contribution in [3.8, 4) is 11.1 Å². The summed E-state index contributed by atoms with van der Waals surface area (Å²) >= 11 is 0. The molecule has 35 heavy (non-hydrogen) atoms. The number of aliphatic carboxylic acids is 1. The number of carbonyl (C=O) groups excluding carboxylic acids is 1. The molecular formula is C26H23F4NO4. The zero-order valence-corrected chi connectivity index (χ0v) is 18.6. The smallest absolute Gasteiger partial charge is 0.416 e. The van der Waals surface area contributed by atoms with Gasteiger partial charge in [0.05, 0.1) is 18.4 Å². The number of carboxylic acids is 1. The molecule has 0 unspecified atom stereocenters. The third-order valence-corrected chi connectivity index (χ3v) is 5.19. The third-order valence-electron chi connectivity index (χ3n) is 5.19. The van der Waals surface area contributed by atoms with Crippen LogP contribution in [0.1, 0.15) is 28.7 Å². The number of halogens is 4. The van der Waals surface area contributed by atoms with E-state index in [1.807, 2.05) is 30.3 Å². The fourth-order valence-electron chi connectivity index (χ4n) is 3.46. The Labute approximate surface area is 199 Å². The summed E-state index contributed by atoms with van der Waals surface area (Å²) in [6.45, 7) is 0.286. The first-order valence-electron chi connectivity index (χ1n) is 10.7. The number of alkyl halides is 3. The zero-order valence-electron chi connectivity index (χ0n) is 18.6. The molecule has 0 aliphatic heterocycles. The molecule has 0 heterocycles. The van der Waals surface area contributed by atoms with E-state index in [1.54, 1.807) is 0 Å². The molecule has 3 rings (SSSR count). The maximum absolute atomic E-state index is 14.0. The largest absolute Gasteiger partial charge is 0.481 e. The van der Waals surface area contributed by atoms with Gasteiger partial charge in [-0.05, 0) is 52.1 Å². The average Bonchev–Trinajstić information content (AvgIpc) is 2.81. The SMILES string of the molecule is O=C(O)Cc1cc(-c2ccc(C(F)(F)F)cc2CNCCC(=O)OCc2ccccc2)ccc1F. The van der Waals surface area contributed by atoms with Crippen LogP contribution in [0, 0.1) is 5.82 Å². The van der Waals surface area contributed by atoms with Crippen LogP contribution in [-0.2, 0) is 40.1 Å². The van der Waals surface area contributed by atoms with Crippen LogP contribution in [-0.4, -0.2) is 23.6 Å². The number of carboxylic acid groups (broad SMARTS) is 1. The van der Waals surface area contributed by atoms with Gasteiger partial charge in [0.1, 0.15) is 12.4 Å². The Morgan fingerprint density at radius 2 is 1.69 bits per heavy atom. The van der Waals surface area contributed by atoms with Gasteiger partial charge < -0.3 is 15.2 Å². The Morgan fingerprint density at radius 1 is 0.943 bits per heavy atom. The van der Waals surface area contributed by atoms with Crippen molar-refractivity contribution in [2.45, 2.75) is 32.2 Å². The van der Waals surface area contributed by atoms with Gasteiger partial charge in [-0.2, -0.15) is 13.2 Å². The Balaban J connectivity index is 1.70. The lowest BCUT2D eigenvalue weighted by atomic mass is 9.95. The summed E-state index contributed by atoms with van der Waals surface area (Å²) in [6.07, 6.45) is -5.11. The summed E-state index contributed by atoms with van der Waals surface area (Å²) in [4.78, 5) is 23.0. The number of hydrogen-bond donors (Lipinski definition) is 2. The Hall–Kier alpha value is -3.72. The standard InChI is InChI=1S/C26H23F4NO4/c27-23-9-6-18(12-19(23)14-24(32)33)22-8-7-21(26(28,29)30)13-20(22)15-31-11-10-25(34)35-16-17-4-2-1-3-5-17/h1-9,12-13,31H,10-11,14-16H2,(H,32,33). The van der Waals surface area contributed by atoms with Gasteiger partial charge in [-0.15, -0.1) is 0 Å². The number of carbonyl (C=O) groups is 2. The minimum Gasteiger partial charge on any atom is -0.481 e. The summed E-state index contributed by atoms with van der Waals surface area (Å²) in [5, 5.41) is 11.9. The summed E-state index contributed by atoms with van der Waals surface area (Å²) in [7, 11) is 0. The quantitative estimate of drug-likeness (QED) is 0.228. The van der Waals surface area contributed by atoms with E-state index in [-0.39, 0.29) is 37.2 Å². The lowest BCUT2D eigenvalue weighted by molar-refractivity contribution is -0.145. The van der Waals surface area contributed by atoms with Crippen molar-refractivity contribution in [2.75, 3.05) is 6.54 Å². The molecule has 5 nitrogen and oxygen atoms in total. The van der Waals surface area contributed by atoms with E-state index in [2.05, 4.69) is 5.32 Å². The molecule has 0 aliphatic carbocycles. The number of nitrogens with one attached hydrogen (secondary N) is 1. The molecule has 0 spiro atoms. The topological polar surface area (TPSA) is 75.6 Å². The van der Waals surface area contributed by atoms with E-state index in [4.69, 9.17) is 9.84 Å². The Kier molecular flexibility index (Phi) is 8.59. The molecule has 3 aromatic rings. The highest BCUT2D eigenvalue weighted by Gasteiger charge is 2.31. The van der Waals surface area contributed by atoms with Gasteiger partial charge in [-0.3, -0.25) is 9.59 Å². The Bertz CT molecular complexity index is 1180. The molecule has 0 aliphatic rings. The minimum atomic E-state index is -4.56.